The highest BCUT2D eigenvalue weighted by atomic mass is 79.9. The minimum Gasteiger partial charge on any atom is -0.493 e. The molecule has 0 bridgehead atoms. The van der Waals surface area contributed by atoms with E-state index in [-0.39, 0.29) is 5.41 Å². The van der Waals surface area contributed by atoms with Gasteiger partial charge in [0.05, 0.1) is 18.2 Å². The number of alkyl halides is 1. The second kappa shape index (κ2) is 8.32. The van der Waals surface area contributed by atoms with Crippen LogP contribution in [0.25, 0.3) is 0 Å². The Kier molecular flexibility index (Phi) is 7.09. The summed E-state index contributed by atoms with van der Waals surface area (Å²) >= 11 is 3.66. The van der Waals surface area contributed by atoms with E-state index in [9.17, 15) is 0 Å². The topological polar surface area (TPSA) is 33.0 Å². The summed E-state index contributed by atoms with van der Waals surface area (Å²) < 4.78 is 6.06. The number of rotatable bonds is 8. The standard InChI is InChI=1S/C17H24BrNO/c1-4-8-17(12-18,9-5-2)13-20-16-10-15(11-19)7-6-14(16)3/h6-7,10H,4-5,8-9,12-13H2,1-3H3. The van der Waals surface area contributed by atoms with Gasteiger partial charge in [0.25, 0.3) is 0 Å². The third kappa shape index (κ3) is 4.52. The summed E-state index contributed by atoms with van der Waals surface area (Å²) in [4.78, 5) is 0. The molecule has 1 aromatic carbocycles. The van der Waals surface area contributed by atoms with Crippen LogP contribution >= 0.6 is 15.9 Å². The number of hydrogen-bond acceptors (Lipinski definition) is 2. The van der Waals surface area contributed by atoms with Crippen molar-refractivity contribution in [2.75, 3.05) is 11.9 Å². The van der Waals surface area contributed by atoms with Crippen molar-refractivity contribution < 1.29 is 4.74 Å². The SMILES string of the molecule is CCCC(CBr)(CCC)COc1cc(C#N)ccc1C. The average Bonchev–Trinajstić information content (AvgIpc) is 2.46. The molecule has 0 aliphatic heterocycles. The summed E-state index contributed by atoms with van der Waals surface area (Å²) in [5.74, 6) is 0.835. The number of hydrogen-bond donors (Lipinski definition) is 0. The molecule has 1 aromatic rings. The molecule has 110 valence electrons. The first-order valence-corrected chi connectivity index (χ1v) is 8.42. The van der Waals surface area contributed by atoms with E-state index >= 15 is 0 Å². The molecule has 20 heavy (non-hydrogen) atoms. The van der Waals surface area contributed by atoms with E-state index in [1.807, 2.05) is 25.1 Å². The van der Waals surface area contributed by atoms with Crippen molar-refractivity contribution in [2.24, 2.45) is 5.41 Å². The van der Waals surface area contributed by atoms with Gasteiger partial charge in [-0.2, -0.15) is 5.26 Å². The van der Waals surface area contributed by atoms with E-state index in [0.717, 1.165) is 42.3 Å². The Balaban J connectivity index is 2.84. The molecule has 0 heterocycles. The van der Waals surface area contributed by atoms with E-state index < -0.39 is 0 Å². The van der Waals surface area contributed by atoms with Crippen molar-refractivity contribution in [3.63, 3.8) is 0 Å². The first-order valence-electron chi connectivity index (χ1n) is 7.30. The van der Waals surface area contributed by atoms with Gasteiger partial charge < -0.3 is 4.74 Å². The Morgan fingerprint density at radius 1 is 1.25 bits per heavy atom. The van der Waals surface area contributed by atoms with E-state index in [0.29, 0.717) is 12.2 Å². The summed E-state index contributed by atoms with van der Waals surface area (Å²) in [6.45, 7) is 7.16. The normalized spacial score (nSPS) is 11.2. The predicted molar refractivity (Wildman–Crippen MR) is 87.4 cm³/mol. The zero-order valence-electron chi connectivity index (χ0n) is 12.7. The largest absolute Gasteiger partial charge is 0.493 e. The maximum atomic E-state index is 8.98. The number of benzene rings is 1. The lowest BCUT2D eigenvalue weighted by Gasteiger charge is -2.31. The predicted octanol–water partition coefficient (Wildman–Crippen LogP) is 5.23. The van der Waals surface area contributed by atoms with Crippen molar-refractivity contribution >= 4 is 15.9 Å². The number of halogens is 1. The fourth-order valence-corrected chi connectivity index (χ4v) is 3.28. The summed E-state index contributed by atoms with van der Waals surface area (Å²) in [6.07, 6.45) is 4.63. The van der Waals surface area contributed by atoms with Gasteiger partial charge in [0, 0.05) is 10.7 Å². The summed E-state index contributed by atoms with van der Waals surface area (Å²) in [5.41, 5.74) is 1.93. The molecule has 0 unspecified atom stereocenters. The van der Waals surface area contributed by atoms with Gasteiger partial charge in [-0.05, 0) is 37.5 Å². The molecular formula is C17H24BrNO. The van der Waals surface area contributed by atoms with Gasteiger partial charge in [-0.15, -0.1) is 0 Å². The van der Waals surface area contributed by atoms with Crippen LogP contribution in [0, 0.1) is 23.7 Å². The molecule has 0 N–H and O–H groups in total. The summed E-state index contributed by atoms with van der Waals surface area (Å²) in [5, 5.41) is 9.94. The number of nitrogens with zero attached hydrogens (tertiary/aromatic N) is 1. The van der Waals surface area contributed by atoms with E-state index in [4.69, 9.17) is 10.00 Å². The fraction of sp³-hybridized carbons (Fsp3) is 0.588. The van der Waals surface area contributed by atoms with Crippen molar-refractivity contribution in [3.8, 4) is 11.8 Å². The highest BCUT2D eigenvalue weighted by molar-refractivity contribution is 9.09. The molecule has 0 aromatic heterocycles. The van der Waals surface area contributed by atoms with Gasteiger partial charge in [0.15, 0.2) is 0 Å². The molecule has 0 saturated heterocycles. The summed E-state index contributed by atoms with van der Waals surface area (Å²) in [7, 11) is 0. The molecule has 0 radical (unpaired) electrons. The highest BCUT2D eigenvalue weighted by Crippen LogP contribution is 2.33. The minimum atomic E-state index is 0.193. The van der Waals surface area contributed by atoms with Gasteiger partial charge in [-0.1, -0.05) is 48.7 Å². The maximum absolute atomic E-state index is 8.98. The van der Waals surface area contributed by atoms with Crippen LogP contribution in [-0.4, -0.2) is 11.9 Å². The van der Waals surface area contributed by atoms with Gasteiger partial charge in [0.1, 0.15) is 5.75 Å². The van der Waals surface area contributed by atoms with Crippen LogP contribution in [0.1, 0.15) is 50.7 Å². The zero-order chi connectivity index (χ0) is 15.0. The van der Waals surface area contributed by atoms with Crippen LogP contribution in [-0.2, 0) is 0 Å². The maximum Gasteiger partial charge on any atom is 0.123 e. The van der Waals surface area contributed by atoms with Crippen LogP contribution in [0.5, 0.6) is 5.75 Å². The second-order valence-corrected chi connectivity index (χ2v) is 6.08. The Morgan fingerprint density at radius 2 is 1.90 bits per heavy atom. The quantitative estimate of drug-likeness (QED) is 0.608. The number of nitriles is 1. The third-order valence-corrected chi connectivity index (χ3v) is 4.88. The Morgan fingerprint density at radius 3 is 2.40 bits per heavy atom. The zero-order valence-corrected chi connectivity index (χ0v) is 14.3. The molecule has 0 spiro atoms. The van der Waals surface area contributed by atoms with Crippen molar-refractivity contribution in [2.45, 2.75) is 46.5 Å². The fourth-order valence-electron chi connectivity index (χ4n) is 2.56. The molecule has 3 heteroatoms. The first-order chi connectivity index (χ1) is 9.60. The van der Waals surface area contributed by atoms with Gasteiger partial charge in [-0.3, -0.25) is 0 Å². The lowest BCUT2D eigenvalue weighted by molar-refractivity contribution is 0.144. The highest BCUT2D eigenvalue weighted by Gasteiger charge is 2.28. The lowest BCUT2D eigenvalue weighted by atomic mass is 9.82. The molecule has 0 amide bonds. The molecular weight excluding hydrogens is 314 g/mol. The minimum absolute atomic E-state index is 0.193. The molecule has 0 atom stereocenters. The lowest BCUT2D eigenvalue weighted by Crippen LogP contribution is -2.30. The van der Waals surface area contributed by atoms with Gasteiger partial charge in [-0.25, -0.2) is 0 Å². The van der Waals surface area contributed by atoms with Crippen LogP contribution in [0.15, 0.2) is 18.2 Å². The van der Waals surface area contributed by atoms with Crippen LogP contribution < -0.4 is 4.74 Å². The molecule has 1 rings (SSSR count). The second-order valence-electron chi connectivity index (χ2n) is 5.51. The van der Waals surface area contributed by atoms with Crippen LogP contribution in [0.3, 0.4) is 0 Å². The first kappa shape index (κ1) is 17.0. The molecule has 0 aliphatic rings. The van der Waals surface area contributed by atoms with Crippen LogP contribution in [0.4, 0.5) is 0 Å². The van der Waals surface area contributed by atoms with E-state index in [1.54, 1.807) is 0 Å². The average molecular weight is 338 g/mol. The summed E-state index contributed by atoms with van der Waals surface area (Å²) in [6, 6.07) is 7.79. The molecule has 0 saturated carbocycles. The smallest absolute Gasteiger partial charge is 0.123 e. The Hall–Kier alpha value is -1.01. The Labute approximate surface area is 131 Å². The van der Waals surface area contributed by atoms with Crippen molar-refractivity contribution in [3.05, 3.63) is 29.3 Å². The monoisotopic (exact) mass is 337 g/mol. The number of aryl methyl sites for hydroxylation is 1. The molecule has 0 aliphatic carbocycles. The third-order valence-electron chi connectivity index (χ3n) is 3.70. The van der Waals surface area contributed by atoms with Crippen LogP contribution in [0.2, 0.25) is 0 Å². The molecule has 0 fully saturated rings. The molecule has 2 nitrogen and oxygen atoms in total. The number of ether oxygens (including phenoxy) is 1. The van der Waals surface area contributed by atoms with Crippen molar-refractivity contribution in [1.29, 1.82) is 5.26 Å². The van der Waals surface area contributed by atoms with Crippen molar-refractivity contribution in [1.82, 2.24) is 0 Å². The Bertz CT molecular complexity index is 459. The van der Waals surface area contributed by atoms with E-state index in [2.05, 4.69) is 35.8 Å². The van der Waals surface area contributed by atoms with Gasteiger partial charge >= 0.3 is 0 Å². The van der Waals surface area contributed by atoms with E-state index in [1.165, 1.54) is 0 Å². The van der Waals surface area contributed by atoms with Gasteiger partial charge in [0.2, 0.25) is 0 Å².